The predicted molar refractivity (Wildman–Crippen MR) is 82.9 cm³/mol. The van der Waals surface area contributed by atoms with Crippen LogP contribution in [0.25, 0.3) is 0 Å². The second kappa shape index (κ2) is 7.78. The molecule has 21 heavy (non-hydrogen) atoms. The van der Waals surface area contributed by atoms with Crippen molar-refractivity contribution < 1.29 is 9.59 Å². The zero-order valence-corrected chi connectivity index (χ0v) is 13.4. The highest BCUT2D eigenvalue weighted by atomic mass is 16.2. The molecule has 0 spiro atoms. The van der Waals surface area contributed by atoms with Crippen LogP contribution in [0.15, 0.2) is 0 Å². The van der Waals surface area contributed by atoms with Crippen LogP contribution < -0.4 is 10.6 Å². The number of nitrogens with zero attached hydrogens (tertiary/aromatic N) is 1. The molecule has 2 N–H and O–H groups in total. The van der Waals surface area contributed by atoms with Crippen molar-refractivity contribution in [1.29, 1.82) is 0 Å². The molecule has 1 aliphatic heterocycles. The minimum atomic E-state index is -0.373. The molecule has 0 aromatic rings. The molecular weight excluding hydrogens is 266 g/mol. The number of carbonyl (C=O) groups is 2. The van der Waals surface area contributed by atoms with Crippen LogP contribution in [0.1, 0.15) is 52.4 Å². The van der Waals surface area contributed by atoms with Gasteiger partial charge >= 0.3 is 6.03 Å². The Labute approximate surface area is 127 Å². The minimum absolute atomic E-state index is 0.0933. The predicted octanol–water partition coefficient (Wildman–Crippen LogP) is 2.12. The van der Waals surface area contributed by atoms with Crippen molar-refractivity contribution in [2.24, 2.45) is 11.8 Å². The molecule has 2 fully saturated rings. The van der Waals surface area contributed by atoms with Gasteiger partial charge in [-0.3, -0.25) is 15.0 Å². The lowest BCUT2D eigenvalue weighted by molar-refractivity contribution is -0.121. The first-order valence-electron chi connectivity index (χ1n) is 8.41. The van der Waals surface area contributed by atoms with Gasteiger partial charge in [0.15, 0.2) is 0 Å². The van der Waals surface area contributed by atoms with Gasteiger partial charge in [-0.1, -0.05) is 26.2 Å². The Kier molecular flexibility index (Phi) is 6.03. The fourth-order valence-corrected chi connectivity index (χ4v) is 3.55. The van der Waals surface area contributed by atoms with Gasteiger partial charge < -0.3 is 5.32 Å². The molecule has 0 unspecified atom stereocenters. The van der Waals surface area contributed by atoms with Gasteiger partial charge in [0, 0.05) is 12.6 Å². The average Bonchev–Trinajstić information content (AvgIpc) is 2.46. The van der Waals surface area contributed by atoms with E-state index >= 15 is 0 Å². The second-order valence-electron chi connectivity index (χ2n) is 6.66. The van der Waals surface area contributed by atoms with Crippen LogP contribution in [0.5, 0.6) is 0 Å². The normalized spacial score (nSPS) is 27.5. The summed E-state index contributed by atoms with van der Waals surface area (Å²) in [6, 6.07) is -0.280. The van der Waals surface area contributed by atoms with Crippen molar-refractivity contribution in [3.8, 4) is 0 Å². The second-order valence-corrected chi connectivity index (χ2v) is 6.66. The van der Waals surface area contributed by atoms with Gasteiger partial charge in [0.1, 0.15) is 0 Å². The van der Waals surface area contributed by atoms with Crippen LogP contribution in [0, 0.1) is 11.8 Å². The van der Waals surface area contributed by atoms with Gasteiger partial charge in [-0.2, -0.15) is 0 Å². The zero-order valence-electron chi connectivity index (χ0n) is 13.4. The number of piperidine rings is 1. The highest BCUT2D eigenvalue weighted by Crippen LogP contribution is 2.35. The third-order valence-corrected chi connectivity index (χ3v) is 4.99. The van der Waals surface area contributed by atoms with Gasteiger partial charge in [-0.15, -0.1) is 0 Å². The van der Waals surface area contributed by atoms with E-state index in [1.807, 2.05) is 13.8 Å². The fraction of sp³-hybridized carbons (Fsp3) is 0.875. The van der Waals surface area contributed by atoms with Crippen LogP contribution >= 0.6 is 0 Å². The molecular formula is C16H29N3O2. The molecule has 1 saturated heterocycles. The van der Waals surface area contributed by atoms with Crippen molar-refractivity contribution in [1.82, 2.24) is 15.5 Å². The highest BCUT2D eigenvalue weighted by molar-refractivity contribution is 5.95. The summed E-state index contributed by atoms with van der Waals surface area (Å²) in [6.07, 6.45) is 7.43. The molecule has 3 atom stereocenters. The van der Waals surface area contributed by atoms with Gasteiger partial charge in [-0.25, -0.2) is 4.79 Å². The Morgan fingerprint density at radius 3 is 2.62 bits per heavy atom. The number of hydrogen-bond acceptors (Lipinski definition) is 3. The Balaban J connectivity index is 1.71. The smallest absolute Gasteiger partial charge is 0.321 e. The SMILES string of the molecule is CC[C@@H](C)NC(=O)NC(=O)CN1CC[C@@H]2CCCC[C@@H]2C1. The Bertz CT molecular complexity index is 373. The number of rotatable bonds is 4. The van der Waals surface area contributed by atoms with Gasteiger partial charge in [0.05, 0.1) is 6.54 Å². The van der Waals surface area contributed by atoms with Crippen molar-refractivity contribution in [3.05, 3.63) is 0 Å². The summed E-state index contributed by atoms with van der Waals surface area (Å²) in [5.41, 5.74) is 0. The molecule has 2 rings (SSSR count). The number of hydrogen-bond donors (Lipinski definition) is 2. The number of likely N-dealkylation sites (tertiary alicyclic amines) is 1. The summed E-state index contributed by atoms with van der Waals surface area (Å²) in [7, 11) is 0. The standard InChI is InChI=1S/C16H29N3O2/c1-3-12(2)17-16(21)18-15(20)11-19-9-8-13-6-4-5-7-14(13)10-19/h12-14H,3-11H2,1-2H3,(H2,17,18,20,21)/t12-,13+,14-/m1/s1. The number of urea groups is 1. The van der Waals surface area contributed by atoms with E-state index in [2.05, 4.69) is 15.5 Å². The Hall–Kier alpha value is -1.10. The fourth-order valence-electron chi connectivity index (χ4n) is 3.55. The summed E-state index contributed by atoms with van der Waals surface area (Å²) in [5, 5.41) is 5.19. The van der Waals surface area contributed by atoms with E-state index in [0.29, 0.717) is 6.54 Å². The molecule has 5 heteroatoms. The van der Waals surface area contributed by atoms with E-state index in [4.69, 9.17) is 0 Å². The first-order chi connectivity index (χ1) is 10.1. The molecule has 120 valence electrons. The lowest BCUT2D eigenvalue weighted by Gasteiger charge is -2.41. The Morgan fingerprint density at radius 2 is 1.90 bits per heavy atom. The van der Waals surface area contributed by atoms with Crippen molar-refractivity contribution in [3.63, 3.8) is 0 Å². The van der Waals surface area contributed by atoms with E-state index in [1.165, 1.54) is 32.1 Å². The maximum atomic E-state index is 11.9. The monoisotopic (exact) mass is 295 g/mol. The van der Waals surface area contributed by atoms with E-state index < -0.39 is 0 Å². The zero-order chi connectivity index (χ0) is 15.2. The molecule has 3 amide bonds. The summed E-state index contributed by atoms with van der Waals surface area (Å²) in [6.45, 7) is 6.28. The van der Waals surface area contributed by atoms with Crippen molar-refractivity contribution in [2.45, 2.75) is 58.4 Å². The average molecular weight is 295 g/mol. The molecule has 1 aliphatic carbocycles. The number of nitrogens with one attached hydrogen (secondary N) is 2. The summed E-state index contributed by atoms with van der Waals surface area (Å²) in [4.78, 5) is 25.8. The lowest BCUT2D eigenvalue weighted by Crippen LogP contribution is -2.49. The molecule has 0 aromatic heterocycles. The van der Waals surface area contributed by atoms with Crippen molar-refractivity contribution in [2.75, 3.05) is 19.6 Å². The minimum Gasteiger partial charge on any atom is -0.335 e. The van der Waals surface area contributed by atoms with E-state index in [0.717, 1.165) is 31.3 Å². The first-order valence-corrected chi connectivity index (χ1v) is 8.41. The van der Waals surface area contributed by atoms with Crippen LogP contribution in [0.4, 0.5) is 4.79 Å². The number of carbonyl (C=O) groups excluding carboxylic acids is 2. The number of fused-ring (bicyclic) bond motifs is 1. The lowest BCUT2D eigenvalue weighted by atomic mass is 9.75. The third kappa shape index (κ3) is 4.99. The van der Waals surface area contributed by atoms with E-state index in [1.54, 1.807) is 0 Å². The van der Waals surface area contributed by atoms with Gasteiger partial charge in [0.25, 0.3) is 0 Å². The van der Waals surface area contributed by atoms with Crippen LogP contribution in [0.3, 0.4) is 0 Å². The summed E-state index contributed by atoms with van der Waals surface area (Å²) >= 11 is 0. The molecule has 2 aliphatic rings. The quantitative estimate of drug-likeness (QED) is 0.835. The first kappa shape index (κ1) is 16.3. The van der Waals surface area contributed by atoms with Crippen molar-refractivity contribution >= 4 is 11.9 Å². The maximum absolute atomic E-state index is 11.9. The van der Waals surface area contributed by atoms with Crippen LogP contribution in [0.2, 0.25) is 0 Å². The molecule has 5 nitrogen and oxygen atoms in total. The maximum Gasteiger partial charge on any atom is 0.321 e. The molecule has 0 aromatic carbocycles. The number of amides is 3. The number of imide groups is 1. The molecule has 0 radical (unpaired) electrons. The van der Waals surface area contributed by atoms with E-state index in [-0.39, 0.29) is 18.0 Å². The largest absolute Gasteiger partial charge is 0.335 e. The van der Waals surface area contributed by atoms with Crippen LogP contribution in [-0.4, -0.2) is 42.5 Å². The van der Waals surface area contributed by atoms with E-state index in [9.17, 15) is 9.59 Å². The summed E-state index contributed by atoms with van der Waals surface area (Å²) < 4.78 is 0. The molecule has 0 bridgehead atoms. The molecule has 1 heterocycles. The topological polar surface area (TPSA) is 61.4 Å². The van der Waals surface area contributed by atoms with Crippen LogP contribution in [-0.2, 0) is 4.79 Å². The third-order valence-electron chi connectivity index (χ3n) is 4.99. The van der Waals surface area contributed by atoms with Gasteiger partial charge in [0.2, 0.25) is 5.91 Å². The Morgan fingerprint density at radius 1 is 1.19 bits per heavy atom. The summed E-state index contributed by atoms with van der Waals surface area (Å²) in [5.74, 6) is 1.44. The molecule has 1 saturated carbocycles. The highest BCUT2D eigenvalue weighted by Gasteiger charge is 2.31. The van der Waals surface area contributed by atoms with Gasteiger partial charge in [-0.05, 0) is 44.6 Å².